The molecule has 0 aromatic heterocycles. The fourth-order valence-electron chi connectivity index (χ4n) is 4.53. The Morgan fingerprint density at radius 1 is 0.971 bits per heavy atom. The van der Waals surface area contributed by atoms with Crippen molar-refractivity contribution in [1.82, 2.24) is 15.5 Å². The lowest BCUT2D eigenvalue weighted by Gasteiger charge is -2.29. The number of aliphatic hydroxyl groups is 1. The van der Waals surface area contributed by atoms with Crippen LogP contribution in [0.4, 0.5) is 0 Å². The first-order valence-corrected chi connectivity index (χ1v) is 12.5. The molecule has 0 spiro atoms. The molecule has 4 rings (SSSR count). The van der Waals surface area contributed by atoms with Gasteiger partial charge in [0, 0.05) is 25.1 Å². The van der Waals surface area contributed by atoms with Crippen LogP contribution in [0.25, 0.3) is 0 Å². The molecule has 35 heavy (non-hydrogen) atoms. The Labute approximate surface area is 206 Å². The largest absolute Gasteiger partial charge is 0.486 e. The lowest BCUT2D eigenvalue weighted by atomic mass is 10.0. The molecule has 2 aliphatic heterocycles. The van der Waals surface area contributed by atoms with Gasteiger partial charge in [0.15, 0.2) is 11.5 Å². The molecule has 2 atom stereocenters. The first-order valence-electron chi connectivity index (χ1n) is 12.5. The smallest absolute Gasteiger partial charge is 0.251 e. The third-order valence-electron chi connectivity index (χ3n) is 6.44. The number of ether oxygens (including phenoxy) is 2. The number of nitrogens with zero attached hydrogens (tertiary/aromatic N) is 1. The molecule has 0 saturated carbocycles. The van der Waals surface area contributed by atoms with Crippen LogP contribution in [0.2, 0.25) is 0 Å². The highest BCUT2D eigenvalue weighted by Crippen LogP contribution is 2.33. The number of hydrogen-bond acceptors (Lipinski definition) is 6. The van der Waals surface area contributed by atoms with E-state index in [9.17, 15) is 14.7 Å². The molecule has 2 aromatic rings. The minimum absolute atomic E-state index is 0.0971. The Kier molecular flexibility index (Phi) is 8.97. The maximum absolute atomic E-state index is 12.7. The van der Waals surface area contributed by atoms with Crippen molar-refractivity contribution < 1.29 is 24.2 Å². The van der Waals surface area contributed by atoms with E-state index in [1.807, 2.05) is 30.3 Å². The molecule has 0 aliphatic carbocycles. The van der Waals surface area contributed by atoms with Crippen LogP contribution in [-0.2, 0) is 4.79 Å². The summed E-state index contributed by atoms with van der Waals surface area (Å²) in [6, 6.07) is 14.1. The van der Waals surface area contributed by atoms with Crippen molar-refractivity contribution in [3.05, 3.63) is 59.7 Å². The summed E-state index contributed by atoms with van der Waals surface area (Å²) in [5.41, 5.74) is 1.32. The van der Waals surface area contributed by atoms with Gasteiger partial charge < -0.3 is 30.1 Å². The zero-order valence-electron chi connectivity index (χ0n) is 20.1. The van der Waals surface area contributed by atoms with Crippen molar-refractivity contribution in [2.75, 3.05) is 39.4 Å². The van der Waals surface area contributed by atoms with Crippen LogP contribution in [0.5, 0.6) is 11.5 Å². The van der Waals surface area contributed by atoms with Gasteiger partial charge in [0.1, 0.15) is 19.3 Å². The summed E-state index contributed by atoms with van der Waals surface area (Å²) in [7, 11) is 0. The van der Waals surface area contributed by atoms with Gasteiger partial charge in [-0.2, -0.15) is 0 Å². The molecule has 188 valence electrons. The number of fused-ring (bicyclic) bond motifs is 1. The molecule has 2 heterocycles. The number of benzene rings is 2. The molecule has 8 nitrogen and oxygen atoms in total. The fourth-order valence-corrected chi connectivity index (χ4v) is 4.53. The normalized spacial score (nSPS) is 16.9. The Morgan fingerprint density at radius 3 is 2.49 bits per heavy atom. The third kappa shape index (κ3) is 7.19. The van der Waals surface area contributed by atoms with Crippen molar-refractivity contribution in [2.24, 2.45) is 0 Å². The molecule has 1 saturated heterocycles. The molecule has 1 fully saturated rings. The topological polar surface area (TPSA) is 100 Å². The summed E-state index contributed by atoms with van der Waals surface area (Å²) >= 11 is 0. The van der Waals surface area contributed by atoms with Gasteiger partial charge >= 0.3 is 0 Å². The average Bonchev–Trinajstić information content (AvgIpc) is 3.41. The van der Waals surface area contributed by atoms with Gasteiger partial charge in [-0.15, -0.1) is 0 Å². The van der Waals surface area contributed by atoms with Crippen LogP contribution in [0.1, 0.15) is 54.1 Å². The monoisotopic (exact) mass is 481 g/mol. The fraction of sp³-hybridized carbons (Fsp3) is 0.481. The first kappa shape index (κ1) is 25.0. The van der Waals surface area contributed by atoms with Gasteiger partial charge in [-0.3, -0.25) is 9.59 Å². The number of unbranched alkanes of at least 4 members (excludes halogenated alkanes) is 1. The quantitative estimate of drug-likeness (QED) is 0.427. The van der Waals surface area contributed by atoms with Gasteiger partial charge in [0.2, 0.25) is 5.91 Å². The highest BCUT2D eigenvalue weighted by molar-refractivity contribution is 5.94. The van der Waals surface area contributed by atoms with E-state index < -0.39 is 12.1 Å². The molecule has 0 unspecified atom stereocenters. The molecule has 8 heteroatoms. The summed E-state index contributed by atoms with van der Waals surface area (Å²) in [5.74, 6) is 1.09. The maximum atomic E-state index is 12.7. The van der Waals surface area contributed by atoms with Gasteiger partial charge in [-0.25, -0.2) is 0 Å². The number of amides is 2. The zero-order chi connectivity index (χ0) is 24.5. The molecule has 2 amide bonds. The summed E-state index contributed by atoms with van der Waals surface area (Å²) < 4.78 is 11.2. The van der Waals surface area contributed by atoms with Crippen LogP contribution in [-0.4, -0.2) is 67.3 Å². The molecular weight excluding hydrogens is 446 g/mol. The highest BCUT2D eigenvalue weighted by Gasteiger charge is 2.27. The van der Waals surface area contributed by atoms with Crippen molar-refractivity contribution in [1.29, 1.82) is 0 Å². The molecule has 3 N–H and O–H groups in total. The van der Waals surface area contributed by atoms with Crippen molar-refractivity contribution in [2.45, 2.75) is 44.2 Å². The standard InChI is InChI=1S/C27H35N3O5/c31-25(10-4-5-13-28-27(33)20-8-2-1-3-9-20)29-22(19-30-14-6-7-15-30)26(32)21-11-12-23-24(18-21)35-17-16-34-23/h1-3,8-9,11-12,18,22,26,32H,4-7,10,13-17,19H2,(H,28,33)(H,29,31)/t22-,26-/m1/s1. The predicted molar refractivity (Wildman–Crippen MR) is 133 cm³/mol. The number of hydrogen-bond donors (Lipinski definition) is 3. The number of aliphatic hydroxyl groups excluding tert-OH is 1. The highest BCUT2D eigenvalue weighted by atomic mass is 16.6. The van der Waals surface area contributed by atoms with Gasteiger partial charge in [0.05, 0.1) is 6.04 Å². The van der Waals surface area contributed by atoms with Crippen LogP contribution in [0, 0.1) is 0 Å². The lowest BCUT2D eigenvalue weighted by molar-refractivity contribution is -0.123. The minimum atomic E-state index is -0.861. The first-order chi connectivity index (χ1) is 17.1. The van der Waals surface area contributed by atoms with E-state index in [2.05, 4.69) is 15.5 Å². The minimum Gasteiger partial charge on any atom is -0.486 e. The second kappa shape index (κ2) is 12.6. The van der Waals surface area contributed by atoms with Crippen molar-refractivity contribution >= 4 is 11.8 Å². The second-order valence-electron chi connectivity index (χ2n) is 9.11. The Hall–Kier alpha value is -3.10. The summed E-state index contributed by atoms with van der Waals surface area (Å²) in [6.07, 6.45) is 3.10. The molecule has 0 radical (unpaired) electrons. The van der Waals surface area contributed by atoms with Gasteiger partial charge in [-0.1, -0.05) is 24.3 Å². The predicted octanol–water partition coefficient (Wildman–Crippen LogP) is 2.67. The number of likely N-dealkylation sites (tertiary alicyclic amines) is 1. The van der Waals surface area contributed by atoms with E-state index >= 15 is 0 Å². The van der Waals surface area contributed by atoms with Crippen molar-refractivity contribution in [3.63, 3.8) is 0 Å². The van der Waals surface area contributed by atoms with Gasteiger partial charge in [0.25, 0.3) is 5.91 Å². The van der Waals surface area contributed by atoms with E-state index in [4.69, 9.17) is 9.47 Å². The zero-order valence-corrected chi connectivity index (χ0v) is 20.1. The van der Waals surface area contributed by atoms with Crippen LogP contribution < -0.4 is 20.1 Å². The Balaban J connectivity index is 1.28. The van der Waals surface area contributed by atoms with E-state index in [1.54, 1.807) is 18.2 Å². The van der Waals surface area contributed by atoms with Crippen LogP contribution in [0.3, 0.4) is 0 Å². The van der Waals surface area contributed by atoms with Crippen LogP contribution >= 0.6 is 0 Å². The maximum Gasteiger partial charge on any atom is 0.251 e. The summed E-state index contributed by atoms with van der Waals surface area (Å²) in [4.78, 5) is 27.1. The molecular formula is C27H35N3O5. The van der Waals surface area contributed by atoms with Crippen LogP contribution in [0.15, 0.2) is 48.5 Å². The number of nitrogens with one attached hydrogen (secondary N) is 2. The average molecular weight is 482 g/mol. The molecule has 2 aromatic carbocycles. The van der Waals surface area contributed by atoms with Crippen molar-refractivity contribution in [3.8, 4) is 11.5 Å². The number of rotatable bonds is 11. The number of carbonyl (C=O) groups excluding carboxylic acids is 2. The van der Waals surface area contributed by atoms with Gasteiger partial charge in [-0.05, 0) is 68.6 Å². The van der Waals surface area contributed by atoms with E-state index in [-0.39, 0.29) is 11.8 Å². The third-order valence-corrected chi connectivity index (χ3v) is 6.44. The van der Waals surface area contributed by atoms with E-state index in [0.717, 1.165) is 25.9 Å². The lowest BCUT2D eigenvalue weighted by Crippen LogP contribution is -2.46. The Morgan fingerprint density at radius 2 is 1.71 bits per heavy atom. The summed E-state index contributed by atoms with van der Waals surface area (Å²) in [5, 5.41) is 17.1. The summed E-state index contributed by atoms with van der Waals surface area (Å²) in [6.45, 7) is 4.04. The van der Waals surface area contributed by atoms with E-state index in [1.165, 1.54) is 0 Å². The second-order valence-corrected chi connectivity index (χ2v) is 9.11. The Bertz CT molecular complexity index is 978. The molecule has 2 aliphatic rings. The SMILES string of the molecule is O=C(CCCCNC(=O)c1ccccc1)N[C@H](CN1CCCC1)[C@H](O)c1ccc2c(c1)OCCO2. The number of carbonyl (C=O) groups is 2. The molecule has 0 bridgehead atoms. The van der Waals surface area contributed by atoms with E-state index in [0.29, 0.717) is 68.2 Å².